The molecule has 1 aromatic rings. The molecule has 0 saturated carbocycles. The highest BCUT2D eigenvalue weighted by molar-refractivity contribution is 5.63. The summed E-state index contributed by atoms with van der Waals surface area (Å²) in [4.78, 5) is 5.23. The predicted molar refractivity (Wildman–Crippen MR) is 61.9 cm³/mol. The Labute approximate surface area is 98.4 Å². The van der Waals surface area contributed by atoms with Gasteiger partial charge in [0.1, 0.15) is 6.54 Å². The van der Waals surface area contributed by atoms with E-state index in [1.165, 1.54) is 0 Å². The summed E-state index contributed by atoms with van der Waals surface area (Å²) in [5.41, 5.74) is 6.57. The number of nitrogens with zero attached hydrogens (tertiary/aromatic N) is 2. The summed E-state index contributed by atoms with van der Waals surface area (Å²) < 4.78 is 37.4. The van der Waals surface area contributed by atoms with Crippen LogP contribution in [0.2, 0.25) is 0 Å². The molecular weight excluding hydrogens is 231 g/mol. The van der Waals surface area contributed by atoms with Crippen LogP contribution in [0.25, 0.3) is 0 Å². The van der Waals surface area contributed by atoms with Crippen LogP contribution >= 0.6 is 0 Å². The van der Waals surface area contributed by atoms with Gasteiger partial charge in [0.2, 0.25) is 0 Å². The van der Waals surface area contributed by atoms with Crippen molar-refractivity contribution in [1.29, 1.82) is 0 Å². The second-order valence-electron chi connectivity index (χ2n) is 4.20. The smallest absolute Gasteiger partial charge is 0.396 e. The third kappa shape index (κ3) is 3.80. The van der Waals surface area contributed by atoms with E-state index in [9.17, 15) is 13.2 Å². The molecule has 0 aliphatic heterocycles. The van der Waals surface area contributed by atoms with E-state index in [4.69, 9.17) is 5.73 Å². The molecule has 96 valence electrons. The van der Waals surface area contributed by atoms with Crippen LogP contribution in [0.15, 0.2) is 12.1 Å². The average Bonchev–Trinajstić information content (AvgIpc) is 2.17. The van der Waals surface area contributed by atoms with Crippen molar-refractivity contribution in [1.82, 2.24) is 4.98 Å². The highest BCUT2D eigenvalue weighted by atomic mass is 19.4. The third-order valence-corrected chi connectivity index (χ3v) is 2.29. The largest absolute Gasteiger partial charge is 0.405 e. The molecule has 0 unspecified atom stereocenters. The second kappa shape index (κ2) is 4.81. The second-order valence-corrected chi connectivity index (χ2v) is 4.20. The monoisotopic (exact) mass is 247 g/mol. The lowest BCUT2D eigenvalue weighted by atomic mass is 10.2. The number of aryl methyl sites for hydroxylation is 1. The Morgan fingerprint density at radius 2 is 1.94 bits per heavy atom. The zero-order valence-electron chi connectivity index (χ0n) is 10.0. The molecule has 0 aromatic carbocycles. The summed E-state index contributed by atoms with van der Waals surface area (Å²) in [5.74, 6) is 0.192. The summed E-state index contributed by atoms with van der Waals surface area (Å²) in [5, 5.41) is 0. The molecule has 1 rings (SSSR count). The van der Waals surface area contributed by atoms with Crippen LogP contribution < -0.4 is 10.6 Å². The van der Waals surface area contributed by atoms with E-state index < -0.39 is 12.7 Å². The maximum absolute atomic E-state index is 12.5. The molecular formula is C11H16F3N3. The van der Waals surface area contributed by atoms with Crippen LogP contribution in [-0.2, 0) is 0 Å². The van der Waals surface area contributed by atoms with E-state index in [0.717, 1.165) is 4.90 Å². The number of alkyl halides is 3. The number of nitrogen functional groups attached to an aromatic ring is 1. The minimum Gasteiger partial charge on any atom is -0.396 e. The van der Waals surface area contributed by atoms with Gasteiger partial charge in [0.05, 0.1) is 5.69 Å². The molecule has 0 aliphatic rings. The van der Waals surface area contributed by atoms with Gasteiger partial charge in [-0.1, -0.05) is 0 Å². The van der Waals surface area contributed by atoms with Gasteiger partial charge in [-0.25, -0.2) is 4.98 Å². The van der Waals surface area contributed by atoms with E-state index in [-0.39, 0.29) is 17.5 Å². The lowest BCUT2D eigenvalue weighted by molar-refractivity contribution is -0.120. The molecule has 0 atom stereocenters. The summed E-state index contributed by atoms with van der Waals surface area (Å²) in [6, 6.07) is 2.92. The van der Waals surface area contributed by atoms with E-state index in [2.05, 4.69) is 4.98 Å². The van der Waals surface area contributed by atoms with Gasteiger partial charge in [-0.15, -0.1) is 0 Å². The van der Waals surface area contributed by atoms with E-state index in [1.807, 2.05) is 0 Å². The SMILES string of the molecule is Cc1ccc(N)c(N(CC(F)(F)F)C(C)C)n1. The first-order valence-electron chi connectivity index (χ1n) is 5.27. The number of aromatic nitrogens is 1. The third-order valence-electron chi connectivity index (χ3n) is 2.29. The molecule has 0 radical (unpaired) electrons. The maximum atomic E-state index is 12.5. The Bertz CT molecular complexity index is 388. The molecule has 2 N–H and O–H groups in total. The van der Waals surface area contributed by atoms with Gasteiger partial charge in [-0.3, -0.25) is 0 Å². The molecule has 0 saturated heterocycles. The maximum Gasteiger partial charge on any atom is 0.405 e. The standard InChI is InChI=1S/C11H16F3N3/c1-7(2)17(6-11(12,13)14)10-9(15)5-4-8(3)16-10/h4-5,7H,6,15H2,1-3H3. The normalized spacial score (nSPS) is 11.9. The molecule has 0 fully saturated rings. The van der Waals surface area contributed by atoms with Gasteiger partial charge in [0, 0.05) is 11.7 Å². The summed E-state index contributed by atoms with van der Waals surface area (Å²) in [6.07, 6.45) is -4.28. The van der Waals surface area contributed by atoms with Gasteiger partial charge in [0.15, 0.2) is 5.82 Å². The number of rotatable bonds is 3. The van der Waals surface area contributed by atoms with Crippen molar-refractivity contribution in [3.8, 4) is 0 Å². The highest BCUT2D eigenvalue weighted by Gasteiger charge is 2.33. The van der Waals surface area contributed by atoms with Gasteiger partial charge >= 0.3 is 6.18 Å². The molecule has 1 aromatic heterocycles. The van der Waals surface area contributed by atoms with E-state index in [1.54, 1.807) is 32.9 Å². The predicted octanol–water partition coefficient (Wildman–Crippen LogP) is 2.75. The van der Waals surface area contributed by atoms with Crippen LogP contribution in [0.1, 0.15) is 19.5 Å². The Morgan fingerprint density at radius 3 is 2.41 bits per heavy atom. The number of pyridine rings is 1. The topological polar surface area (TPSA) is 42.1 Å². The Hall–Kier alpha value is -1.46. The fourth-order valence-corrected chi connectivity index (χ4v) is 1.48. The van der Waals surface area contributed by atoms with Gasteiger partial charge in [0.25, 0.3) is 0 Å². The number of hydrogen-bond acceptors (Lipinski definition) is 3. The first kappa shape index (κ1) is 13.6. The van der Waals surface area contributed by atoms with Crippen molar-refractivity contribution in [2.45, 2.75) is 33.0 Å². The summed E-state index contributed by atoms with van der Waals surface area (Å²) in [7, 11) is 0. The van der Waals surface area contributed by atoms with Crippen LogP contribution in [0, 0.1) is 6.92 Å². The van der Waals surface area contributed by atoms with Gasteiger partial charge in [-0.05, 0) is 32.9 Å². The fraction of sp³-hybridized carbons (Fsp3) is 0.545. The number of anilines is 2. The first-order valence-corrected chi connectivity index (χ1v) is 5.27. The van der Waals surface area contributed by atoms with Crippen molar-refractivity contribution in [3.63, 3.8) is 0 Å². The Balaban J connectivity index is 3.10. The van der Waals surface area contributed by atoms with Gasteiger partial charge < -0.3 is 10.6 Å². The average molecular weight is 247 g/mol. The quantitative estimate of drug-likeness (QED) is 0.893. The van der Waals surface area contributed by atoms with Crippen molar-refractivity contribution < 1.29 is 13.2 Å². The molecule has 1 heterocycles. The minimum atomic E-state index is -4.28. The first-order chi connectivity index (χ1) is 7.70. The summed E-state index contributed by atoms with van der Waals surface area (Å²) >= 11 is 0. The zero-order chi connectivity index (χ0) is 13.2. The minimum absolute atomic E-state index is 0.192. The van der Waals surface area contributed by atoms with Crippen LogP contribution in [0.5, 0.6) is 0 Å². The Morgan fingerprint density at radius 1 is 1.35 bits per heavy atom. The van der Waals surface area contributed by atoms with E-state index in [0.29, 0.717) is 5.69 Å². The molecule has 0 amide bonds. The van der Waals surface area contributed by atoms with Gasteiger partial charge in [-0.2, -0.15) is 13.2 Å². The molecule has 0 aliphatic carbocycles. The van der Waals surface area contributed by atoms with Crippen molar-refractivity contribution in [2.24, 2.45) is 0 Å². The fourth-order valence-electron chi connectivity index (χ4n) is 1.48. The lowest BCUT2D eigenvalue weighted by Crippen LogP contribution is -2.40. The lowest BCUT2D eigenvalue weighted by Gasteiger charge is -2.29. The van der Waals surface area contributed by atoms with Crippen molar-refractivity contribution >= 4 is 11.5 Å². The van der Waals surface area contributed by atoms with Crippen molar-refractivity contribution in [2.75, 3.05) is 17.2 Å². The number of halogens is 3. The molecule has 0 bridgehead atoms. The van der Waals surface area contributed by atoms with Crippen LogP contribution in [0.4, 0.5) is 24.7 Å². The van der Waals surface area contributed by atoms with E-state index >= 15 is 0 Å². The number of nitrogens with two attached hydrogens (primary N) is 1. The zero-order valence-corrected chi connectivity index (χ0v) is 10.0. The molecule has 0 spiro atoms. The Kier molecular flexibility index (Phi) is 3.85. The van der Waals surface area contributed by atoms with Crippen LogP contribution in [0.3, 0.4) is 0 Å². The summed E-state index contributed by atoms with van der Waals surface area (Å²) in [6.45, 7) is 4.02. The molecule has 17 heavy (non-hydrogen) atoms. The number of hydrogen-bond donors (Lipinski definition) is 1. The highest BCUT2D eigenvalue weighted by Crippen LogP contribution is 2.27. The van der Waals surface area contributed by atoms with Crippen molar-refractivity contribution in [3.05, 3.63) is 17.8 Å². The molecule has 3 nitrogen and oxygen atoms in total. The van der Waals surface area contributed by atoms with Crippen LogP contribution in [-0.4, -0.2) is 23.7 Å². The molecule has 6 heteroatoms.